The van der Waals surface area contributed by atoms with Crippen LogP contribution in [0.1, 0.15) is 31.2 Å². The molecule has 1 aromatic heterocycles. The van der Waals surface area contributed by atoms with Gasteiger partial charge in [0.15, 0.2) is 0 Å². The molecule has 27 heavy (non-hydrogen) atoms. The van der Waals surface area contributed by atoms with E-state index in [1.807, 2.05) is 30.4 Å². The Morgan fingerprint density at radius 3 is 2.81 bits per heavy atom. The normalized spacial score (nSPS) is 22.7. The largest absolute Gasteiger partial charge is 0.345 e. The van der Waals surface area contributed by atoms with Gasteiger partial charge in [-0.3, -0.25) is 19.6 Å². The van der Waals surface area contributed by atoms with E-state index in [1.54, 1.807) is 11.8 Å². The van der Waals surface area contributed by atoms with Crippen LogP contribution < -0.4 is 0 Å². The van der Waals surface area contributed by atoms with E-state index in [0.29, 0.717) is 11.9 Å². The number of nitrogens with zero attached hydrogens (tertiary/aromatic N) is 4. The van der Waals surface area contributed by atoms with E-state index in [9.17, 15) is 4.79 Å². The Bertz CT molecular complexity index is 577. The highest BCUT2D eigenvalue weighted by atomic mass is 32.2. The van der Waals surface area contributed by atoms with Gasteiger partial charge in [-0.25, -0.2) is 0 Å². The van der Waals surface area contributed by atoms with Crippen LogP contribution in [-0.2, 0) is 11.3 Å². The van der Waals surface area contributed by atoms with Gasteiger partial charge in [0.25, 0.3) is 0 Å². The second kappa shape index (κ2) is 10.4. The Hall–Kier alpha value is -1.11. The van der Waals surface area contributed by atoms with E-state index in [2.05, 4.69) is 27.1 Å². The number of carbonyl (C=O) groups excluding carboxylic acids is 1. The van der Waals surface area contributed by atoms with Crippen molar-refractivity contribution < 1.29 is 4.79 Å². The van der Waals surface area contributed by atoms with Gasteiger partial charge in [0.1, 0.15) is 0 Å². The number of carbonyl (C=O) groups is 1. The van der Waals surface area contributed by atoms with Crippen molar-refractivity contribution in [2.24, 2.45) is 5.92 Å². The lowest BCUT2D eigenvalue weighted by Gasteiger charge is -2.42. The molecule has 1 amide bonds. The molecule has 1 atom stereocenters. The third-order valence-electron chi connectivity index (χ3n) is 6.01. The number of aromatic nitrogens is 1. The lowest BCUT2D eigenvalue weighted by Crippen LogP contribution is -2.51. The van der Waals surface area contributed by atoms with Gasteiger partial charge in [-0.15, -0.1) is 0 Å². The maximum atomic E-state index is 12.8. The molecule has 0 aliphatic carbocycles. The minimum atomic E-state index is 0.194. The first-order valence-corrected chi connectivity index (χ1v) is 11.7. The number of rotatable bonds is 7. The van der Waals surface area contributed by atoms with Gasteiger partial charge < -0.3 is 4.90 Å². The first-order chi connectivity index (χ1) is 13.2. The van der Waals surface area contributed by atoms with E-state index < -0.39 is 0 Å². The molecule has 6 heteroatoms. The van der Waals surface area contributed by atoms with Crippen LogP contribution in [0.15, 0.2) is 24.5 Å². The fraction of sp³-hybridized carbons (Fsp3) is 0.714. The summed E-state index contributed by atoms with van der Waals surface area (Å²) in [5, 5.41) is 0. The minimum absolute atomic E-state index is 0.194. The molecule has 0 unspecified atom stereocenters. The van der Waals surface area contributed by atoms with Crippen LogP contribution in [0.2, 0.25) is 0 Å². The van der Waals surface area contributed by atoms with Crippen LogP contribution in [0.3, 0.4) is 0 Å². The monoisotopic (exact) mass is 390 g/mol. The van der Waals surface area contributed by atoms with E-state index in [1.165, 1.54) is 18.4 Å². The van der Waals surface area contributed by atoms with Crippen molar-refractivity contribution in [3.05, 3.63) is 30.1 Å². The van der Waals surface area contributed by atoms with Crippen molar-refractivity contribution in [3.8, 4) is 0 Å². The summed E-state index contributed by atoms with van der Waals surface area (Å²) >= 11 is 1.81. The summed E-state index contributed by atoms with van der Waals surface area (Å²) in [6.45, 7) is 6.26. The number of pyridine rings is 1. The molecule has 2 aliphatic rings. The quantitative estimate of drug-likeness (QED) is 0.716. The summed E-state index contributed by atoms with van der Waals surface area (Å²) in [7, 11) is 1.97. The van der Waals surface area contributed by atoms with Crippen molar-refractivity contribution in [1.82, 2.24) is 19.7 Å². The van der Waals surface area contributed by atoms with Gasteiger partial charge in [-0.1, -0.05) is 6.07 Å². The molecule has 0 radical (unpaired) electrons. The Kier molecular flexibility index (Phi) is 7.97. The Morgan fingerprint density at radius 2 is 2.11 bits per heavy atom. The maximum absolute atomic E-state index is 12.8. The molecule has 0 N–H and O–H groups in total. The standard InChI is InChI=1S/C21H34N4OS/c1-23(13-14-27-2)21(26)19-6-4-10-25(17-19)20-7-11-24(12-8-20)16-18-5-3-9-22-15-18/h3,5,9,15,19-20H,4,6-8,10-14,16-17H2,1-2H3/t19-/m0/s1. The zero-order valence-electron chi connectivity index (χ0n) is 16.8. The first-order valence-electron chi connectivity index (χ1n) is 10.3. The lowest BCUT2D eigenvalue weighted by molar-refractivity contribution is -0.136. The Balaban J connectivity index is 1.46. The van der Waals surface area contributed by atoms with Gasteiger partial charge >= 0.3 is 0 Å². The molecule has 2 saturated heterocycles. The molecule has 0 saturated carbocycles. The van der Waals surface area contributed by atoms with Crippen LogP contribution in [0.25, 0.3) is 0 Å². The highest BCUT2D eigenvalue weighted by Gasteiger charge is 2.32. The maximum Gasteiger partial charge on any atom is 0.226 e. The molecular formula is C21H34N4OS. The summed E-state index contributed by atoms with van der Waals surface area (Å²) in [6.07, 6.45) is 10.5. The topological polar surface area (TPSA) is 39.7 Å². The molecule has 150 valence electrons. The third kappa shape index (κ3) is 5.93. The van der Waals surface area contributed by atoms with Crippen LogP contribution in [0, 0.1) is 5.92 Å². The average Bonchev–Trinajstić information content (AvgIpc) is 2.73. The first kappa shape index (κ1) is 20.6. The molecule has 0 spiro atoms. The smallest absolute Gasteiger partial charge is 0.226 e. The van der Waals surface area contributed by atoms with Crippen molar-refractivity contribution in [2.45, 2.75) is 38.3 Å². The summed E-state index contributed by atoms with van der Waals surface area (Å²) < 4.78 is 0. The predicted octanol–water partition coefficient (Wildman–Crippen LogP) is 2.58. The van der Waals surface area contributed by atoms with Gasteiger partial charge in [-0.05, 0) is 63.2 Å². The molecule has 2 fully saturated rings. The van der Waals surface area contributed by atoms with Crippen LogP contribution >= 0.6 is 11.8 Å². The molecular weight excluding hydrogens is 356 g/mol. The zero-order chi connectivity index (χ0) is 19.1. The summed E-state index contributed by atoms with van der Waals surface area (Å²) in [5.41, 5.74) is 1.30. The number of thioether (sulfide) groups is 1. The Labute approximate surface area is 168 Å². The number of amides is 1. The van der Waals surface area contributed by atoms with Gasteiger partial charge in [0, 0.05) is 50.9 Å². The SMILES string of the molecule is CSCCN(C)C(=O)[C@H]1CCCN(C2CCN(Cc3cccnc3)CC2)C1. The molecule has 3 rings (SSSR count). The van der Waals surface area contributed by atoms with Crippen LogP contribution in [0.5, 0.6) is 0 Å². The van der Waals surface area contributed by atoms with Crippen molar-refractivity contribution in [2.75, 3.05) is 51.8 Å². The zero-order valence-corrected chi connectivity index (χ0v) is 17.7. The fourth-order valence-electron chi connectivity index (χ4n) is 4.38. The number of hydrogen-bond acceptors (Lipinski definition) is 5. The predicted molar refractivity (Wildman–Crippen MR) is 113 cm³/mol. The molecule has 2 aliphatic heterocycles. The highest BCUT2D eigenvalue weighted by molar-refractivity contribution is 7.98. The Morgan fingerprint density at radius 1 is 1.30 bits per heavy atom. The second-order valence-corrected chi connectivity index (χ2v) is 8.94. The van der Waals surface area contributed by atoms with Crippen molar-refractivity contribution in [3.63, 3.8) is 0 Å². The van der Waals surface area contributed by atoms with Crippen LogP contribution in [-0.4, -0.2) is 83.4 Å². The van der Waals surface area contributed by atoms with E-state index >= 15 is 0 Å². The molecule has 5 nitrogen and oxygen atoms in total. The van der Waals surface area contributed by atoms with E-state index in [4.69, 9.17) is 0 Å². The highest BCUT2D eigenvalue weighted by Crippen LogP contribution is 2.25. The average molecular weight is 391 g/mol. The minimum Gasteiger partial charge on any atom is -0.345 e. The molecule has 0 bridgehead atoms. The molecule has 3 heterocycles. The fourth-order valence-corrected chi connectivity index (χ4v) is 4.84. The summed E-state index contributed by atoms with van der Waals surface area (Å²) in [6, 6.07) is 4.82. The summed E-state index contributed by atoms with van der Waals surface area (Å²) in [4.78, 5) is 24.1. The molecule has 1 aromatic rings. The van der Waals surface area contributed by atoms with Crippen molar-refractivity contribution in [1.29, 1.82) is 0 Å². The van der Waals surface area contributed by atoms with Gasteiger partial charge in [0.2, 0.25) is 5.91 Å². The molecule has 0 aromatic carbocycles. The van der Waals surface area contributed by atoms with Gasteiger partial charge in [-0.2, -0.15) is 11.8 Å². The number of likely N-dealkylation sites (tertiary alicyclic amines) is 2. The van der Waals surface area contributed by atoms with Crippen molar-refractivity contribution >= 4 is 17.7 Å². The van der Waals surface area contributed by atoms with Crippen LogP contribution in [0.4, 0.5) is 0 Å². The summed E-state index contributed by atoms with van der Waals surface area (Å²) in [5.74, 6) is 1.57. The van der Waals surface area contributed by atoms with E-state index in [0.717, 1.165) is 57.9 Å². The number of hydrogen-bond donors (Lipinski definition) is 0. The van der Waals surface area contributed by atoms with E-state index in [-0.39, 0.29) is 5.92 Å². The third-order valence-corrected chi connectivity index (χ3v) is 6.60. The second-order valence-electron chi connectivity index (χ2n) is 7.96. The van der Waals surface area contributed by atoms with Gasteiger partial charge in [0.05, 0.1) is 5.92 Å². The lowest BCUT2D eigenvalue weighted by atomic mass is 9.93. The number of piperidine rings is 2.